The van der Waals surface area contributed by atoms with Crippen LogP contribution in [0.4, 0.5) is 10.5 Å². The summed E-state index contributed by atoms with van der Waals surface area (Å²) in [5.41, 5.74) is 0.846. The summed E-state index contributed by atoms with van der Waals surface area (Å²) in [6, 6.07) is 9.78. The summed E-state index contributed by atoms with van der Waals surface area (Å²) >= 11 is 0. The Bertz CT molecular complexity index is 353. The van der Waals surface area contributed by atoms with Gasteiger partial charge < -0.3 is 15.5 Å². The Morgan fingerprint density at radius 1 is 1.44 bits per heavy atom. The number of anilines is 1. The van der Waals surface area contributed by atoms with E-state index in [9.17, 15) is 4.79 Å². The molecule has 1 saturated heterocycles. The average Bonchev–Trinajstić information content (AvgIpc) is 2.31. The topological polar surface area (TPSA) is 44.4 Å². The van der Waals surface area contributed by atoms with Crippen LogP contribution in [0.15, 0.2) is 30.3 Å². The van der Waals surface area contributed by atoms with Crippen molar-refractivity contribution in [3.05, 3.63) is 30.3 Å². The Morgan fingerprint density at radius 2 is 2.19 bits per heavy atom. The van der Waals surface area contributed by atoms with E-state index in [0.29, 0.717) is 0 Å². The molecule has 4 nitrogen and oxygen atoms in total. The first-order valence-electron chi connectivity index (χ1n) is 5.61. The van der Waals surface area contributed by atoms with Crippen LogP contribution in [-0.4, -0.2) is 36.6 Å². The molecule has 0 bridgehead atoms. The number of hydrogen-bond donors (Lipinski definition) is 2. The van der Waals surface area contributed by atoms with Gasteiger partial charge in [0.25, 0.3) is 0 Å². The largest absolute Gasteiger partial charge is 0.322 e. The van der Waals surface area contributed by atoms with Crippen LogP contribution in [0.1, 0.15) is 6.92 Å². The highest BCUT2D eigenvalue weighted by atomic mass is 16.2. The molecule has 1 aromatic carbocycles. The number of urea groups is 1. The van der Waals surface area contributed by atoms with Crippen molar-refractivity contribution < 1.29 is 4.79 Å². The zero-order chi connectivity index (χ0) is 11.4. The van der Waals surface area contributed by atoms with E-state index < -0.39 is 0 Å². The zero-order valence-corrected chi connectivity index (χ0v) is 9.44. The summed E-state index contributed by atoms with van der Waals surface area (Å²) in [5, 5.41) is 6.16. The summed E-state index contributed by atoms with van der Waals surface area (Å²) in [5.74, 6) is 0. The standard InChI is InChI=1S/C12H17N3O/c1-10-9-13-7-8-15(10)12(16)14-11-5-3-2-4-6-11/h2-6,10,13H,7-9H2,1H3,(H,14,16). The number of rotatable bonds is 1. The van der Waals surface area contributed by atoms with E-state index in [2.05, 4.69) is 17.6 Å². The lowest BCUT2D eigenvalue weighted by Gasteiger charge is -2.33. The smallest absolute Gasteiger partial charge is 0.319 e. The quantitative estimate of drug-likeness (QED) is 0.752. The van der Waals surface area contributed by atoms with Crippen molar-refractivity contribution in [2.45, 2.75) is 13.0 Å². The normalized spacial score (nSPS) is 20.6. The van der Waals surface area contributed by atoms with Crippen LogP contribution in [0, 0.1) is 0 Å². The molecule has 86 valence electrons. The number of piperazine rings is 1. The summed E-state index contributed by atoms with van der Waals surface area (Å²) in [7, 11) is 0. The molecule has 2 N–H and O–H groups in total. The van der Waals surface area contributed by atoms with Crippen molar-refractivity contribution >= 4 is 11.7 Å². The molecule has 1 unspecified atom stereocenters. The molecule has 0 aliphatic carbocycles. The molecule has 0 saturated carbocycles. The fourth-order valence-electron chi connectivity index (χ4n) is 1.86. The molecular weight excluding hydrogens is 202 g/mol. The third kappa shape index (κ3) is 2.52. The SMILES string of the molecule is CC1CNCCN1C(=O)Nc1ccccc1. The predicted octanol–water partition coefficient (Wildman–Crippen LogP) is 1.51. The molecule has 0 aromatic heterocycles. The fourth-order valence-corrected chi connectivity index (χ4v) is 1.86. The van der Waals surface area contributed by atoms with E-state index in [1.54, 1.807) is 0 Å². The second kappa shape index (κ2) is 4.99. The third-order valence-electron chi connectivity index (χ3n) is 2.79. The second-order valence-corrected chi connectivity index (χ2v) is 4.04. The number of carbonyl (C=O) groups excluding carboxylic acids is 1. The minimum atomic E-state index is -0.0137. The molecule has 2 amide bonds. The summed E-state index contributed by atoms with van der Waals surface area (Å²) in [6.07, 6.45) is 0. The van der Waals surface area contributed by atoms with Crippen molar-refractivity contribution in [1.82, 2.24) is 10.2 Å². The Kier molecular flexibility index (Phi) is 3.41. The Labute approximate surface area is 95.6 Å². The highest BCUT2D eigenvalue weighted by molar-refractivity contribution is 5.89. The van der Waals surface area contributed by atoms with E-state index in [0.717, 1.165) is 25.3 Å². The molecule has 0 spiro atoms. The fraction of sp³-hybridized carbons (Fsp3) is 0.417. The zero-order valence-electron chi connectivity index (χ0n) is 9.44. The number of nitrogens with zero attached hydrogens (tertiary/aromatic N) is 1. The van der Waals surface area contributed by atoms with Crippen LogP contribution < -0.4 is 10.6 Å². The minimum absolute atomic E-state index is 0.0137. The maximum absolute atomic E-state index is 12.0. The highest BCUT2D eigenvalue weighted by Crippen LogP contribution is 2.09. The molecule has 1 atom stereocenters. The van der Waals surface area contributed by atoms with Crippen LogP contribution in [0.3, 0.4) is 0 Å². The molecule has 1 aliphatic heterocycles. The van der Waals surface area contributed by atoms with Gasteiger partial charge in [-0.1, -0.05) is 18.2 Å². The van der Waals surface area contributed by atoms with E-state index in [1.165, 1.54) is 0 Å². The molecule has 1 aromatic rings. The van der Waals surface area contributed by atoms with Crippen molar-refractivity contribution in [1.29, 1.82) is 0 Å². The van der Waals surface area contributed by atoms with Gasteiger partial charge in [-0.2, -0.15) is 0 Å². The Hall–Kier alpha value is -1.55. The summed E-state index contributed by atoms with van der Waals surface area (Å²) in [6.45, 7) is 4.55. The van der Waals surface area contributed by atoms with Crippen LogP contribution in [0.25, 0.3) is 0 Å². The number of benzene rings is 1. The monoisotopic (exact) mass is 219 g/mol. The Balaban J connectivity index is 1.97. The first-order valence-corrected chi connectivity index (χ1v) is 5.61. The maximum Gasteiger partial charge on any atom is 0.322 e. The van der Waals surface area contributed by atoms with Gasteiger partial charge in [-0.15, -0.1) is 0 Å². The highest BCUT2D eigenvalue weighted by Gasteiger charge is 2.22. The number of hydrogen-bond acceptors (Lipinski definition) is 2. The van der Waals surface area contributed by atoms with Gasteiger partial charge in [-0.3, -0.25) is 0 Å². The summed E-state index contributed by atoms with van der Waals surface area (Å²) < 4.78 is 0. The molecule has 1 fully saturated rings. The van der Waals surface area contributed by atoms with Crippen molar-refractivity contribution in [2.75, 3.05) is 25.0 Å². The van der Waals surface area contributed by atoms with Crippen LogP contribution >= 0.6 is 0 Å². The number of para-hydroxylation sites is 1. The van der Waals surface area contributed by atoms with E-state index in [4.69, 9.17) is 0 Å². The van der Waals surface area contributed by atoms with Gasteiger partial charge in [0, 0.05) is 31.4 Å². The number of carbonyl (C=O) groups is 1. The van der Waals surface area contributed by atoms with Crippen molar-refractivity contribution in [3.8, 4) is 0 Å². The molecular formula is C12H17N3O. The van der Waals surface area contributed by atoms with Crippen molar-refractivity contribution in [2.24, 2.45) is 0 Å². The lowest BCUT2D eigenvalue weighted by atomic mass is 10.2. The van der Waals surface area contributed by atoms with E-state index in [1.807, 2.05) is 35.2 Å². The van der Waals surface area contributed by atoms with Gasteiger partial charge in [-0.25, -0.2) is 4.79 Å². The van der Waals surface area contributed by atoms with Gasteiger partial charge in [0.1, 0.15) is 0 Å². The Morgan fingerprint density at radius 3 is 2.88 bits per heavy atom. The van der Waals surface area contributed by atoms with E-state index in [-0.39, 0.29) is 12.1 Å². The van der Waals surface area contributed by atoms with Crippen molar-refractivity contribution in [3.63, 3.8) is 0 Å². The second-order valence-electron chi connectivity index (χ2n) is 4.04. The molecule has 16 heavy (non-hydrogen) atoms. The van der Waals surface area contributed by atoms with Gasteiger partial charge in [0.15, 0.2) is 0 Å². The first-order chi connectivity index (χ1) is 7.77. The van der Waals surface area contributed by atoms with Crippen LogP contribution in [0.2, 0.25) is 0 Å². The molecule has 4 heteroatoms. The average molecular weight is 219 g/mol. The van der Waals surface area contributed by atoms with Gasteiger partial charge in [0.05, 0.1) is 0 Å². The van der Waals surface area contributed by atoms with Crippen LogP contribution in [0.5, 0.6) is 0 Å². The number of nitrogens with one attached hydrogen (secondary N) is 2. The lowest BCUT2D eigenvalue weighted by Crippen LogP contribution is -2.53. The minimum Gasteiger partial charge on any atom is -0.319 e. The lowest BCUT2D eigenvalue weighted by molar-refractivity contribution is 0.177. The predicted molar refractivity (Wildman–Crippen MR) is 64.5 cm³/mol. The van der Waals surface area contributed by atoms with Crippen LogP contribution in [-0.2, 0) is 0 Å². The third-order valence-corrected chi connectivity index (χ3v) is 2.79. The molecule has 1 heterocycles. The first kappa shape index (κ1) is 11.0. The van der Waals surface area contributed by atoms with Gasteiger partial charge in [-0.05, 0) is 19.1 Å². The van der Waals surface area contributed by atoms with Gasteiger partial charge in [0.2, 0.25) is 0 Å². The van der Waals surface area contributed by atoms with E-state index >= 15 is 0 Å². The molecule has 1 aliphatic rings. The number of amides is 2. The summed E-state index contributed by atoms with van der Waals surface area (Å²) in [4.78, 5) is 13.8. The molecule has 2 rings (SSSR count). The molecule has 0 radical (unpaired) electrons. The maximum atomic E-state index is 12.0. The van der Waals surface area contributed by atoms with Gasteiger partial charge >= 0.3 is 6.03 Å².